The Kier molecular flexibility index (Phi) is 3.84. The average molecular weight is 364 g/mol. The third-order valence-electron chi connectivity index (χ3n) is 1.49. The standard InChI is InChI=1S/C7H5BrF2INO/c8-1-3-2-12-5(7(9)10)4(11)6(3)13/h2,7H,1H2,(H,12,13). The quantitative estimate of drug-likeness (QED) is 0.636. The van der Waals surface area contributed by atoms with E-state index >= 15 is 0 Å². The van der Waals surface area contributed by atoms with Crippen molar-refractivity contribution in [2.24, 2.45) is 0 Å². The summed E-state index contributed by atoms with van der Waals surface area (Å²) < 4.78 is 24.6. The van der Waals surface area contributed by atoms with Gasteiger partial charge in [-0.15, -0.1) is 0 Å². The highest BCUT2D eigenvalue weighted by atomic mass is 127. The topological polar surface area (TPSA) is 32.9 Å². The Bertz CT molecular complexity index is 366. The molecule has 0 aliphatic rings. The first-order valence-corrected chi connectivity index (χ1v) is 5.52. The van der Waals surface area contributed by atoms with Crippen molar-refractivity contribution in [1.82, 2.24) is 4.98 Å². The molecule has 0 bridgehead atoms. The van der Waals surface area contributed by atoms with Crippen LogP contribution in [0.25, 0.3) is 0 Å². The summed E-state index contributed by atoms with van der Waals surface area (Å²) >= 11 is 4.72. The van der Waals surface area contributed by atoms with E-state index in [1.165, 1.54) is 6.20 Å². The number of hydrogen-bond acceptors (Lipinski definition) is 1. The highest BCUT2D eigenvalue weighted by Crippen LogP contribution is 2.20. The minimum atomic E-state index is -2.64. The van der Waals surface area contributed by atoms with Crippen LogP contribution < -0.4 is 5.43 Å². The maximum atomic E-state index is 12.3. The second kappa shape index (κ2) is 4.50. The largest absolute Gasteiger partial charge is 0.359 e. The van der Waals surface area contributed by atoms with Gasteiger partial charge in [-0.3, -0.25) is 4.79 Å². The van der Waals surface area contributed by atoms with Crippen LogP contribution in [0.3, 0.4) is 0 Å². The first kappa shape index (κ1) is 11.1. The summed E-state index contributed by atoms with van der Waals surface area (Å²) in [5.74, 6) is 0. The van der Waals surface area contributed by atoms with E-state index in [0.29, 0.717) is 10.9 Å². The lowest BCUT2D eigenvalue weighted by Crippen LogP contribution is -2.15. The summed E-state index contributed by atoms with van der Waals surface area (Å²) in [6.07, 6.45) is -1.33. The van der Waals surface area contributed by atoms with Crippen LogP contribution in [0.5, 0.6) is 0 Å². The molecule has 0 unspecified atom stereocenters. The van der Waals surface area contributed by atoms with E-state index in [0.717, 1.165) is 0 Å². The molecular formula is C7H5BrF2INO. The van der Waals surface area contributed by atoms with Gasteiger partial charge in [-0.1, -0.05) is 15.9 Å². The Labute approximate surface area is 95.0 Å². The maximum absolute atomic E-state index is 12.3. The predicted molar refractivity (Wildman–Crippen MR) is 57.4 cm³/mol. The number of aromatic amines is 1. The lowest BCUT2D eigenvalue weighted by molar-refractivity contribution is 0.145. The van der Waals surface area contributed by atoms with Gasteiger partial charge in [0.1, 0.15) is 0 Å². The van der Waals surface area contributed by atoms with Gasteiger partial charge in [0, 0.05) is 17.1 Å². The van der Waals surface area contributed by atoms with E-state index in [9.17, 15) is 13.6 Å². The van der Waals surface area contributed by atoms with Gasteiger partial charge in [-0.05, 0) is 22.6 Å². The van der Waals surface area contributed by atoms with E-state index < -0.39 is 6.43 Å². The van der Waals surface area contributed by atoms with Crippen LogP contribution in [-0.4, -0.2) is 4.98 Å². The smallest absolute Gasteiger partial charge is 0.279 e. The zero-order valence-corrected chi connectivity index (χ0v) is 10.0. The molecule has 6 heteroatoms. The first-order chi connectivity index (χ1) is 6.07. The lowest BCUT2D eigenvalue weighted by atomic mass is 10.2. The Hall–Kier alpha value is 0.0200. The van der Waals surface area contributed by atoms with E-state index in [1.807, 2.05) is 0 Å². The first-order valence-electron chi connectivity index (χ1n) is 3.32. The van der Waals surface area contributed by atoms with E-state index in [2.05, 4.69) is 20.9 Å². The van der Waals surface area contributed by atoms with E-state index in [-0.39, 0.29) is 14.7 Å². The zero-order valence-electron chi connectivity index (χ0n) is 6.28. The van der Waals surface area contributed by atoms with Crippen LogP contribution in [0, 0.1) is 3.57 Å². The molecule has 0 aliphatic heterocycles. The molecule has 2 nitrogen and oxygen atoms in total. The third-order valence-corrected chi connectivity index (χ3v) is 3.17. The van der Waals surface area contributed by atoms with Crippen LogP contribution in [0.2, 0.25) is 0 Å². The monoisotopic (exact) mass is 363 g/mol. The normalized spacial score (nSPS) is 10.8. The molecule has 0 aliphatic carbocycles. The number of alkyl halides is 3. The van der Waals surface area contributed by atoms with Gasteiger partial charge in [0.15, 0.2) is 5.43 Å². The Morgan fingerprint density at radius 1 is 1.62 bits per heavy atom. The van der Waals surface area contributed by atoms with Gasteiger partial charge < -0.3 is 4.98 Å². The summed E-state index contributed by atoms with van der Waals surface area (Å²) in [6, 6.07) is 0. The molecule has 0 spiro atoms. The Morgan fingerprint density at radius 3 is 2.69 bits per heavy atom. The second-order valence-corrected chi connectivity index (χ2v) is 3.94. The van der Waals surface area contributed by atoms with Crippen LogP contribution in [-0.2, 0) is 5.33 Å². The molecule has 1 heterocycles. The molecule has 0 aromatic carbocycles. The number of aromatic nitrogens is 1. The third kappa shape index (κ3) is 2.28. The molecule has 0 saturated carbocycles. The Morgan fingerprint density at radius 2 is 2.23 bits per heavy atom. The summed E-state index contributed by atoms with van der Waals surface area (Å²) in [5, 5.41) is 0.363. The zero-order chi connectivity index (χ0) is 10.0. The van der Waals surface area contributed by atoms with Crippen LogP contribution in [0.1, 0.15) is 17.7 Å². The van der Waals surface area contributed by atoms with Gasteiger partial charge in [-0.25, -0.2) is 8.78 Å². The van der Waals surface area contributed by atoms with E-state index in [4.69, 9.17) is 0 Å². The van der Waals surface area contributed by atoms with Crippen molar-refractivity contribution in [3.8, 4) is 0 Å². The summed E-state index contributed by atoms with van der Waals surface area (Å²) in [5.41, 5.74) is -0.198. The van der Waals surface area contributed by atoms with Gasteiger partial charge >= 0.3 is 0 Å². The summed E-state index contributed by atoms with van der Waals surface area (Å²) in [6.45, 7) is 0. The molecule has 72 valence electrons. The molecule has 1 rings (SSSR count). The van der Waals surface area contributed by atoms with Crippen molar-refractivity contribution in [3.05, 3.63) is 31.2 Å². The van der Waals surface area contributed by atoms with Crippen molar-refractivity contribution in [1.29, 1.82) is 0 Å². The molecular weight excluding hydrogens is 359 g/mol. The SMILES string of the molecule is O=c1c(CBr)c[nH]c(C(F)F)c1I. The molecule has 1 aromatic heterocycles. The van der Waals surface area contributed by atoms with Crippen LogP contribution >= 0.6 is 38.5 Å². The Balaban J connectivity index is 3.32. The fourth-order valence-electron chi connectivity index (χ4n) is 0.815. The highest BCUT2D eigenvalue weighted by molar-refractivity contribution is 14.1. The summed E-state index contributed by atoms with van der Waals surface area (Å²) in [7, 11) is 0. The van der Waals surface area contributed by atoms with Gasteiger partial charge in [0.05, 0.1) is 9.26 Å². The number of halogens is 4. The van der Waals surface area contributed by atoms with Crippen molar-refractivity contribution < 1.29 is 8.78 Å². The second-order valence-electron chi connectivity index (χ2n) is 2.31. The number of H-pyrrole nitrogens is 1. The number of rotatable bonds is 2. The average Bonchev–Trinajstić information content (AvgIpc) is 2.09. The molecule has 0 amide bonds. The van der Waals surface area contributed by atoms with E-state index in [1.54, 1.807) is 22.6 Å². The minimum Gasteiger partial charge on any atom is -0.359 e. The number of nitrogens with one attached hydrogen (secondary N) is 1. The fourth-order valence-corrected chi connectivity index (χ4v) is 1.97. The van der Waals surface area contributed by atoms with Gasteiger partial charge in [-0.2, -0.15) is 0 Å². The molecule has 0 saturated heterocycles. The van der Waals surface area contributed by atoms with Gasteiger partial charge in [0.25, 0.3) is 6.43 Å². The van der Waals surface area contributed by atoms with Crippen molar-refractivity contribution in [3.63, 3.8) is 0 Å². The predicted octanol–water partition coefficient (Wildman–Crippen LogP) is 2.81. The number of hydrogen-bond donors (Lipinski definition) is 1. The molecule has 1 N–H and O–H groups in total. The highest BCUT2D eigenvalue weighted by Gasteiger charge is 2.15. The fraction of sp³-hybridized carbons (Fsp3) is 0.286. The van der Waals surface area contributed by atoms with Crippen LogP contribution in [0.4, 0.5) is 8.78 Å². The van der Waals surface area contributed by atoms with Crippen molar-refractivity contribution in [2.45, 2.75) is 11.8 Å². The molecule has 0 fully saturated rings. The molecule has 0 atom stereocenters. The van der Waals surface area contributed by atoms with Crippen molar-refractivity contribution in [2.75, 3.05) is 0 Å². The van der Waals surface area contributed by atoms with Crippen LogP contribution in [0.15, 0.2) is 11.0 Å². The molecule has 0 radical (unpaired) electrons. The molecule has 13 heavy (non-hydrogen) atoms. The van der Waals surface area contributed by atoms with Gasteiger partial charge in [0.2, 0.25) is 0 Å². The number of pyridine rings is 1. The summed E-state index contributed by atoms with van der Waals surface area (Å²) in [4.78, 5) is 13.7. The molecule has 1 aromatic rings. The maximum Gasteiger partial charge on any atom is 0.279 e. The lowest BCUT2D eigenvalue weighted by Gasteiger charge is -2.03. The minimum absolute atomic E-state index is 0.0598. The van der Waals surface area contributed by atoms with Crippen molar-refractivity contribution >= 4 is 38.5 Å².